The molecule has 1 radical (unpaired) electrons. The maximum Gasteiger partial charge on any atom is 0 e. The Labute approximate surface area is 280 Å². The maximum atomic E-state index is 4.59. The molecule has 6 aromatic rings. The molecule has 0 N–H and O–H groups in total. The molecule has 0 fully saturated rings. The molecule has 3 heterocycles. The molecule has 0 spiro atoms. The zero-order chi connectivity index (χ0) is 30.1. The van der Waals surface area contributed by atoms with E-state index in [-0.39, 0.29) is 20.1 Å². The van der Waals surface area contributed by atoms with Crippen LogP contribution in [0.3, 0.4) is 0 Å². The van der Waals surface area contributed by atoms with E-state index in [1.54, 1.807) is 4.40 Å². The van der Waals surface area contributed by atoms with Gasteiger partial charge in [-0.2, -0.15) is 0 Å². The fourth-order valence-corrected chi connectivity index (χ4v) is 11.0. The molecular formula is C37H40Ge2IrN2S-2. The quantitative estimate of drug-likeness (QED) is 0.127. The number of hydrogen-bond donors (Lipinski definition) is 0. The third kappa shape index (κ3) is 8.15. The van der Waals surface area contributed by atoms with Gasteiger partial charge in [0.15, 0.2) is 0 Å². The summed E-state index contributed by atoms with van der Waals surface area (Å²) in [7, 11) is 0. The van der Waals surface area contributed by atoms with Crippen molar-refractivity contribution in [3.05, 3.63) is 109 Å². The van der Waals surface area contributed by atoms with Crippen molar-refractivity contribution < 1.29 is 20.1 Å². The van der Waals surface area contributed by atoms with Crippen LogP contribution in [-0.2, 0) is 20.1 Å². The molecule has 0 amide bonds. The molecular weight excluding hydrogens is 842 g/mol. The average molecular weight is 882 g/mol. The van der Waals surface area contributed by atoms with Crippen molar-refractivity contribution in [1.29, 1.82) is 0 Å². The van der Waals surface area contributed by atoms with Gasteiger partial charge in [0.2, 0.25) is 0 Å². The molecule has 0 unspecified atom stereocenters. The van der Waals surface area contributed by atoms with E-state index in [1.807, 2.05) is 41.9 Å². The van der Waals surface area contributed by atoms with Gasteiger partial charge in [0.1, 0.15) is 0 Å². The van der Waals surface area contributed by atoms with Crippen molar-refractivity contribution in [3.63, 3.8) is 0 Å². The molecule has 0 aliphatic rings. The largest absolute Gasteiger partial charge is 0 e. The second-order valence-corrected chi connectivity index (χ2v) is 35.7. The minimum atomic E-state index is -1.80. The standard InChI is InChI=1S/C23H24GeNS.C14H16GeN.Ir/c1-15(2)16-10-11-25-21(13-16)17-6-9-22-20(12-17)19-8-7-18(24(3,4)5)14-23(19)26-22;1-15(2,3)13-9-10-16-14(11-13)12-7-5-4-6-8-12;/h7-15H,1-5H3;4-7,9-11H,1-3H3;/q2*-1;. The van der Waals surface area contributed by atoms with Crippen LogP contribution in [0.5, 0.6) is 0 Å². The summed E-state index contributed by atoms with van der Waals surface area (Å²) >= 11 is -1.67. The minimum Gasteiger partial charge on any atom is 0 e. The number of aromatic nitrogens is 2. The molecule has 0 saturated carbocycles. The molecule has 2 nitrogen and oxygen atoms in total. The van der Waals surface area contributed by atoms with Gasteiger partial charge < -0.3 is 0 Å². The van der Waals surface area contributed by atoms with Gasteiger partial charge in [0.05, 0.1) is 0 Å². The normalized spacial score (nSPS) is 11.7. The van der Waals surface area contributed by atoms with Crippen LogP contribution >= 0.6 is 11.3 Å². The van der Waals surface area contributed by atoms with Crippen molar-refractivity contribution in [2.24, 2.45) is 0 Å². The Morgan fingerprint density at radius 1 is 0.651 bits per heavy atom. The first-order valence-corrected chi connectivity index (χ1v) is 30.2. The Bertz CT molecular complexity index is 1830. The summed E-state index contributed by atoms with van der Waals surface area (Å²) in [6, 6.07) is 34.9. The summed E-state index contributed by atoms with van der Waals surface area (Å²) in [5, 5.41) is 2.68. The zero-order valence-corrected chi connectivity index (χ0v) is 33.8. The van der Waals surface area contributed by atoms with Gasteiger partial charge >= 0.3 is 263 Å². The van der Waals surface area contributed by atoms with E-state index >= 15 is 0 Å². The van der Waals surface area contributed by atoms with Crippen LogP contribution in [0.4, 0.5) is 0 Å². The third-order valence-electron chi connectivity index (χ3n) is 7.61. The fourth-order valence-electron chi connectivity index (χ4n) is 4.89. The molecule has 0 saturated heterocycles. The Balaban J connectivity index is 0.000000215. The molecule has 43 heavy (non-hydrogen) atoms. The second kappa shape index (κ2) is 13.9. The van der Waals surface area contributed by atoms with Crippen LogP contribution < -0.4 is 8.79 Å². The van der Waals surface area contributed by atoms with E-state index in [0.717, 1.165) is 22.5 Å². The van der Waals surface area contributed by atoms with Gasteiger partial charge in [0, 0.05) is 20.1 Å². The van der Waals surface area contributed by atoms with E-state index in [0.29, 0.717) is 5.92 Å². The Morgan fingerprint density at radius 3 is 1.98 bits per heavy atom. The third-order valence-corrected chi connectivity index (χ3v) is 17.3. The summed E-state index contributed by atoms with van der Waals surface area (Å²) in [4.78, 5) is 9.01. The molecule has 0 bridgehead atoms. The number of hydrogen-bond acceptors (Lipinski definition) is 3. The molecule has 0 aliphatic heterocycles. The first kappa shape index (κ1) is 33.8. The summed E-state index contributed by atoms with van der Waals surface area (Å²) in [6.45, 7) is 4.44. The number of rotatable bonds is 5. The van der Waals surface area contributed by atoms with Gasteiger partial charge in [-0.15, -0.1) is 0 Å². The number of fused-ring (bicyclic) bond motifs is 3. The van der Waals surface area contributed by atoms with Crippen LogP contribution in [0.2, 0.25) is 34.5 Å². The van der Waals surface area contributed by atoms with Crippen molar-refractivity contribution in [2.45, 2.75) is 54.3 Å². The molecule has 6 heteroatoms. The van der Waals surface area contributed by atoms with Gasteiger partial charge in [-0.05, 0) is 0 Å². The topological polar surface area (TPSA) is 25.8 Å². The van der Waals surface area contributed by atoms with E-state index in [2.05, 4.69) is 131 Å². The monoisotopic (exact) mass is 885 g/mol. The van der Waals surface area contributed by atoms with Crippen LogP contribution in [0.1, 0.15) is 25.3 Å². The van der Waals surface area contributed by atoms with E-state index in [9.17, 15) is 0 Å². The molecule has 6 rings (SSSR count). The Kier molecular flexibility index (Phi) is 10.9. The molecule has 3 aromatic heterocycles. The van der Waals surface area contributed by atoms with Crippen molar-refractivity contribution in [1.82, 2.24) is 9.97 Å². The summed E-state index contributed by atoms with van der Waals surface area (Å²) in [5.41, 5.74) is 5.53. The predicted molar refractivity (Wildman–Crippen MR) is 190 cm³/mol. The summed E-state index contributed by atoms with van der Waals surface area (Å²) in [5.74, 6) is 15.0. The second-order valence-electron chi connectivity index (χ2n) is 13.3. The van der Waals surface area contributed by atoms with E-state index in [4.69, 9.17) is 0 Å². The minimum absolute atomic E-state index is 0. The SMILES string of the molecule is CC(C)c1ccnc(-c2[c-]cc3sc4c[c]([Ge]([CH3])([CH3])[CH3])ccc4c3c2)c1.[CH3][Ge]([CH3])([CH3])[c]1ccnc(-c2[c-]cccc2)c1.[Ir]. The molecule has 0 aliphatic carbocycles. The van der Waals surface area contributed by atoms with Crippen molar-refractivity contribution in [2.75, 3.05) is 0 Å². The van der Waals surface area contributed by atoms with Crippen LogP contribution in [-0.4, -0.2) is 36.5 Å². The Hall–Kier alpha value is -2.08. The maximum absolute atomic E-state index is 4.59. The number of benzene rings is 3. The molecule has 223 valence electrons. The van der Waals surface area contributed by atoms with E-state index in [1.165, 1.54) is 30.1 Å². The number of thiophene rings is 1. The Morgan fingerprint density at radius 2 is 1.33 bits per heavy atom. The molecule has 3 aromatic carbocycles. The van der Waals surface area contributed by atoms with Crippen LogP contribution in [0, 0.1) is 12.1 Å². The van der Waals surface area contributed by atoms with Gasteiger partial charge in [-0.25, -0.2) is 0 Å². The fraction of sp³-hybridized carbons (Fsp3) is 0.243. The average Bonchev–Trinajstić information content (AvgIpc) is 3.34. The molecule has 0 atom stereocenters. The number of nitrogens with zero attached hydrogens (tertiary/aromatic N) is 2. The van der Waals surface area contributed by atoms with Gasteiger partial charge in [0.25, 0.3) is 0 Å². The summed E-state index contributed by atoms with van der Waals surface area (Å²) in [6.07, 6.45) is 3.83. The van der Waals surface area contributed by atoms with Gasteiger partial charge in [-0.3, -0.25) is 0 Å². The zero-order valence-electron chi connectivity index (χ0n) is 26.4. The smallest absolute Gasteiger partial charge is 0 e. The van der Waals surface area contributed by atoms with Gasteiger partial charge in [-0.1, -0.05) is 0 Å². The first-order valence-electron chi connectivity index (χ1n) is 14.7. The van der Waals surface area contributed by atoms with Crippen LogP contribution in [0.25, 0.3) is 42.7 Å². The van der Waals surface area contributed by atoms with Crippen molar-refractivity contribution >= 4 is 66.8 Å². The first-order chi connectivity index (χ1) is 19.9. The summed E-state index contributed by atoms with van der Waals surface area (Å²) < 4.78 is 5.76. The van der Waals surface area contributed by atoms with E-state index < -0.39 is 26.5 Å². The van der Waals surface area contributed by atoms with Crippen molar-refractivity contribution in [3.8, 4) is 22.5 Å². The number of pyridine rings is 2. The predicted octanol–water partition coefficient (Wildman–Crippen LogP) is 9.68. The van der Waals surface area contributed by atoms with Crippen LogP contribution in [0.15, 0.2) is 91.3 Å².